The highest BCUT2D eigenvalue weighted by molar-refractivity contribution is 5.97. The fraction of sp³-hybridized carbons (Fsp3) is 0.343. The van der Waals surface area contributed by atoms with E-state index in [4.69, 9.17) is 14.2 Å². The Bertz CT molecular complexity index is 1530. The van der Waals surface area contributed by atoms with E-state index in [1.54, 1.807) is 32.9 Å². The molecular formula is C35H43N5O9. The standard InChI is InChI=1S/C35H43N5O9/c1-35(2,3)49-33(44)38-40(29-20-14-19-28(23-29)30(41)47-24-26-15-8-6-9-16-26)31(42)37-39(34(45)46)22-13-5-4-12-21-36-32(43)48-25-27-17-10-7-11-18-27/h6-11,14-20,23H,4-5,12-13,21-22,24-25H2,1-3H3,(H,36,43)(H,37,42)(H,38,44)(H,45,46). The molecule has 3 aromatic carbocycles. The van der Waals surface area contributed by atoms with Gasteiger partial charge in [-0.05, 0) is 62.9 Å². The molecule has 0 spiro atoms. The van der Waals surface area contributed by atoms with E-state index in [0.717, 1.165) is 16.1 Å². The van der Waals surface area contributed by atoms with Crippen molar-refractivity contribution >= 4 is 36.0 Å². The summed E-state index contributed by atoms with van der Waals surface area (Å²) >= 11 is 0. The molecule has 0 aliphatic heterocycles. The van der Waals surface area contributed by atoms with Gasteiger partial charge in [0.05, 0.1) is 11.3 Å². The van der Waals surface area contributed by atoms with Gasteiger partial charge in [-0.2, -0.15) is 5.01 Å². The van der Waals surface area contributed by atoms with E-state index in [9.17, 15) is 29.1 Å². The zero-order valence-corrected chi connectivity index (χ0v) is 27.8. The molecule has 0 aromatic heterocycles. The monoisotopic (exact) mass is 677 g/mol. The lowest BCUT2D eigenvalue weighted by Crippen LogP contribution is -2.57. The van der Waals surface area contributed by atoms with Crippen molar-refractivity contribution in [2.75, 3.05) is 18.1 Å². The highest BCUT2D eigenvalue weighted by Gasteiger charge is 2.26. The molecule has 0 saturated carbocycles. The highest BCUT2D eigenvalue weighted by atomic mass is 16.6. The largest absolute Gasteiger partial charge is 0.464 e. The molecule has 3 aromatic rings. The zero-order valence-electron chi connectivity index (χ0n) is 27.8. The number of benzene rings is 3. The number of esters is 1. The number of hydrazine groups is 2. The molecule has 0 heterocycles. The first kappa shape index (κ1) is 37.7. The van der Waals surface area contributed by atoms with Crippen LogP contribution in [0.1, 0.15) is 67.9 Å². The molecule has 0 aliphatic rings. The summed E-state index contributed by atoms with van der Waals surface area (Å²) in [4.78, 5) is 62.8. The Hall–Kier alpha value is -5.79. The molecule has 3 rings (SSSR count). The van der Waals surface area contributed by atoms with Crippen molar-refractivity contribution in [3.8, 4) is 0 Å². The molecule has 0 aliphatic carbocycles. The number of carbonyl (C=O) groups is 5. The summed E-state index contributed by atoms with van der Waals surface area (Å²) in [5.74, 6) is -0.672. The molecule has 0 radical (unpaired) electrons. The molecule has 0 bridgehead atoms. The topological polar surface area (TPSA) is 176 Å². The van der Waals surface area contributed by atoms with Crippen molar-refractivity contribution < 1.29 is 43.3 Å². The minimum absolute atomic E-state index is 0.0235. The summed E-state index contributed by atoms with van der Waals surface area (Å²) in [6.07, 6.45) is -0.619. The van der Waals surface area contributed by atoms with Gasteiger partial charge >= 0.3 is 30.3 Å². The number of anilines is 1. The Morgan fingerprint density at radius 2 is 1.33 bits per heavy atom. The fourth-order valence-electron chi connectivity index (χ4n) is 4.28. The second-order valence-electron chi connectivity index (χ2n) is 11.8. The number of amides is 5. The first-order valence-corrected chi connectivity index (χ1v) is 15.8. The van der Waals surface area contributed by atoms with Crippen LogP contribution in [-0.2, 0) is 27.4 Å². The van der Waals surface area contributed by atoms with E-state index < -0.39 is 35.9 Å². The third kappa shape index (κ3) is 14.2. The van der Waals surface area contributed by atoms with Gasteiger partial charge in [-0.3, -0.25) is 0 Å². The molecule has 0 atom stereocenters. The number of alkyl carbamates (subject to hydrolysis) is 1. The number of rotatable bonds is 13. The van der Waals surface area contributed by atoms with E-state index in [1.165, 1.54) is 24.3 Å². The van der Waals surface area contributed by atoms with Crippen LogP contribution in [0.4, 0.5) is 24.9 Å². The average molecular weight is 678 g/mol. The maximum atomic E-state index is 13.4. The maximum Gasteiger partial charge on any atom is 0.427 e. The van der Waals surface area contributed by atoms with Crippen molar-refractivity contribution in [1.82, 2.24) is 21.2 Å². The first-order valence-electron chi connectivity index (χ1n) is 15.8. The SMILES string of the molecule is CC(C)(C)OC(=O)NN(C(=O)NN(CCCCCCNC(=O)OCc1ccccc1)C(=O)O)c1cccc(C(=O)OCc2ccccc2)c1. The van der Waals surface area contributed by atoms with Gasteiger partial charge in [0, 0.05) is 13.1 Å². The van der Waals surface area contributed by atoms with E-state index in [1.807, 2.05) is 48.5 Å². The second kappa shape index (κ2) is 19.1. The van der Waals surface area contributed by atoms with Gasteiger partial charge in [0.2, 0.25) is 0 Å². The molecule has 262 valence electrons. The fourth-order valence-corrected chi connectivity index (χ4v) is 4.28. The lowest BCUT2D eigenvalue weighted by molar-refractivity contribution is 0.0471. The lowest BCUT2D eigenvalue weighted by Gasteiger charge is -2.28. The molecule has 0 unspecified atom stereocenters. The number of urea groups is 1. The van der Waals surface area contributed by atoms with Crippen molar-refractivity contribution in [1.29, 1.82) is 0 Å². The van der Waals surface area contributed by atoms with E-state index in [-0.39, 0.29) is 31.0 Å². The Labute approximate surface area is 285 Å². The van der Waals surface area contributed by atoms with E-state index >= 15 is 0 Å². The molecule has 4 N–H and O–H groups in total. The minimum atomic E-state index is -1.42. The van der Waals surface area contributed by atoms with Crippen LogP contribution in [0, 0.1) is 0 Å². The quantitative estimate of drug-likeness (QED) is 0.0692. The van der Waals surface area contributed by atoms with Crippen molar-refractivity contribution in [2.24, 2.45) is 0 Å². The summed E-state index contributed by atoms with van der Waals surface area (Å²) < 4.78 is 15.9. The summed E-state index contributed by atoms with van der Waals surface area (Å²) in [5.41, 5.74) is 5.49. The number of hydrogen-bond acceptors (Lipinski definition) is 8. The van der Waals surface area contributed by atoms with Crippen LogP contribution in [0.2, 0.25) is 0 Å². The molecule has 0 fully saturated rings. The number of carboxylic acid groups (broad SMARTS) is 1. The molecule has 5 amide bonds. The van der Waals surface area contributed by atoms with Crippen LogP contribution in [-0.4, -0.2) is 59.1 Å². The summed E-state index contributed by atoms with van der Waals surface area (Å²) in [6.45, 7) is 5.44. The van der Waals surface area contributed by atoms with Gasteiger partial charge in [-0.15, -0.1) is 0 Å². The predicted molar refractivity (Wildman–Crippen MR) is 180 cm³/mol. The number of nitrogens with one attached hydrogen (secondary N) is 3. The van der Waals surface area contributed by atoms with Crippen molar-refractivity contribution in [3.05, 3.63) is 102 Å². The van der Waals surface area contributed by atoms with Crippen LogP contribution in [0.5, 0.6) is 0 Å². The van der Waals surface area contributed by atoms with E-state index in [2.05, 4.69) is 16.2 Å². The predicted octanol–water partition coefficient (Wildman–Crippen LogP) is 6.38. The maximum absolute atomic E-state index is 13.4. The highest BCUT2D eigenvalue weighted by Crippen LogP contribution is 2.18. The Kier molecular flexibility index (Phi) is 14.7. The number of ether oxygens (including phenoxy) is 3. The van der Waals surface area contributed by atoms with Crippen LogP contribution < -0.4 is 21.2 Å². The molecule has 14 heteroatoms. The van der Waals surface area contributed by atoms with Crippen LogP contribution in [0.25, 0.3) is 0 Å². The van der Waals surface area contributed by atoms with Crippen LogP contribution >= 0.6 is 0 Å². The van der Waals surface area contributed by atoms with Gasteiger partial charge in [0.25, 0.3) is 0 Å². The van der Waals surface area contributed by atoms with Gasteiger partial charge < -0.3 is 24.6 Å². The number of carbonyl (C=O) groups excluding carboxylic acids is 4. The van der Waals surface area contributed by atoms with Gasteiger partial charge in [0.15, 0.2) is 0 Å². The first-order chi connectivity index (χ1) is 23.4. The Morgan fingerprint density at radius 1 is 0.714 bits per heavy atom. The minimum Gasteiger partial charge on any atom is -0.464 e. The number of hydrogen-bond donors (Lipinski definition) is 4. The molecule has 0 saturated heterocycles. The lowest BCUT2D eigenvalue weighted by atomic mass is 10.2. The normalized spacial score (nSPS) is 10.7. The summed E-state index contributed by atoms with van der Waals surface area (Å²) in [7, 11) is 0. The Morgan fingerprint density at radius 3 is 1.94 bits per heavy atom. The van der Waals surface area contributed by atoms with Gasteiger partial charge in [-0.25, -0.2) is 39.8 Å². The number of unbranched alkanes of at least 4 members (excludes halogenated alkanes) is 3. The summed E-state index contributed by atoms with van der Waals surface area (Å²) in [6, 6.07) is 23.1. The van der Waals surface area contributed by atoms with Crippen molar-refractivity contribution in [3.63, 3.8) is 0 Å². The third-order valence-electron chi connectivity index (χ3n) is 6.61. The second-order valence-corrected chi connectivity index (χ2v) is 11.8. The Balaban J connectivity index is 1.55. The summed E-state index contributed by atoms with van der Waals surface area (Å²) in [5, 5.41) is 13.9. The molecular weight excluding hydrogens is 634 g/mol. The van der Waals surface area contributed by atoms with Crippen LogP contribution in [0.15, 0.2) is 84.9 Å². The average Bonchev–Trinajstić information content (AvgIpc) is 3.07. The third-order valence-corrected chi connectivity index (χ3v) is 6.61. The smallest absolute Gasteiger partial charge is 0.427 e. The van der Waals surface area contributed by atoms with Gasteiger partial charge in [-0.1, -0.05) is 79.6 Å². The van der Waals surface area contributed by atoms with Gasteiger partial charge in [0.1, 0.15) is 18.8 Å². The molecule has 49 heavy (non-hydrogen) atoms. The van der Waals surface area contributed by atoms with E-state index in [0.29, 0.717) is 37.2 Å². The molecule has 14 nitrogen and oxygen atoms in total. The van der Waals surface area contributed by atoms with Crippen LogP contribution in [0.3, 0.4) is 0 Å². The number of nitrogens with zero attached hydrogens (tertiary/aromatic N) is 2. The zero-order chi connectivity index (χ0) is 35.6. The van der Waals surface area contributed by atoms with Crippen molar-refractivity contribution in [2.45, 2.75) is 65.3 Å².